The maximum Gasteiger partial charge on any atom is 0.150 e. The largest absolute Gasteiger partial charge is 0.298 e. The van der Waals surface area contributed by atoms with E-state index in [0.717, 1.165) is 22.9 Å². The highest BCUT2D eigenvalue weighted by Crippen LogP contribution is 2.29. The number of benzene rings is 1. The first-order valence-corrected chi connectivity index (χ1v) is 6.97. The van der Waals surface area contributed by atoms with Gasteiger partial charge in [0.1, 0.15) is 6.29 Å². The number of thioether (sulfide) groups is 1. The Morgan fingerprint density at radius 2 is 2.25 bits per heavy atom. The zero-order valence-corrected chi connectivity index (χ0v) is 10.3. The molecule has 16 heavy (non-hydrogen) atoms. The molecule has 1 nitrogen and oxygen atoms in total. The Kier molecular flexibility index (Phi) is 3.96. The SMILES string of the molecule is [2H]c1ccc(SCC2CCCCC2)cc1C=O. The van der Waals surface area contributed by atoms with Gasteiger partial charge in [-0.2, -0.15) is 0 Å². The molecule has 0 unspecified atom stereocenters. The zero-order valence-electron chi connectivity index (χ0n) is 10.4. The summed E-state index contributed by atoms with van der Waals surface area (Å²) in [6.07, 6.45) is 7.61. The van der Waals surface area contributed by atoms with Gasteiger partial charge in [-0.1, -0.05) is 31.4 Å². The molecule has 0 heterocycles. The average Bonchev–Trinajstić information content (AvgIpc) is 2.39. The van der Waals surface area contributed by atoms with Crippen molar-refractivity contribution < 1.29 is 6.17 Å². The monoisotopic (exact) mass is 235 g/mol. The van der Waals surface area contributed by atoms with Crippen molar-refractivity contribution >= 4 is 18.0 Å². The van der Waals surface area contributed by atoms with Crippen LogP contribution < -0.4 is 0 Å². The Balaban J connectivity index is 1.91. The second-order valence-corrected chi connectivity index (χ2v) is 5.51. The van der Waals surface area contributed by atoms with E-state index in [1.165, 1.54) is 32.1 Å². The Morgan fingerprint density at radius 3 is 3.00 bits per heavy atom. The predicted octanol–water partition coefficient (Wildman–Crippen LogP) is 4.17. The molecular formula is C14H18OS. The van der Waals surface area contributed by atoms with E-state index in [-0.39, 0.29) is 0 Å². The highest BCUT2D eigenvalue weighted by Gasteiger charge is 2.13. The molecule has 0 atom stereocenters. The van der Waals surface area contributed by atoms with E-state index in [9.17, 15) is 4.79 Å². The number of hydrogen-bond acceptors (Lipinski definition) is 2. The maximum absolute atomic E-state index is 10.8. The maximum atomic E-state index is 10.8. The molecule has 0 bridgehead atoms. The fraction of sp³-hybridized carbons (Fsp3) is 0.500. The lowest BCUT2D eigenvalue weighted by Gasteiger charge is -2.20. The van der Waals surface area contributed by atoms with Crippen LogP contribution in [0.2, 0.25) is 0 Å². The van der Waals surface area contributed by atoms with Gasteiger partial charge in [0.05, 0.1) is 1.37 Å². The summed E-state index contributed by atoms with van der Waals surface area (Å²) in [7, 11) is 0. The minimum absolute atomic E-state index is 0.321. The van der Waals surface area contributed by atoms with Gasteiger partial charge in [-0.05, 0) is 30.9 Å². The molecular weight excluding hydrogens is 216 g/mol. The van der Waals surface area contributed by atoms with Crippen LogP contribution in [0, 0.1) is 5.92 Å². The molecule has 0 aliphatic heterocycles. The van der Waals surface area contributed by atoms with Crippen LogP contribution in [-0.4, -0.2) is 12.0 Å². The van der Waals surface area contributed by atoms with Crippen molar-refractivity contribution in [3.8, 4) is 0 Å². The Bertz CT molecular complexity index is 386. The van der Waals surface area contributed by atoms with E-state index in [1.807, 2.05) is 23.9 Å². The summed E-state index contributed by atoms with van der Waals surface area (Å²) < 4.78 is 7.55. The van der Waals surface area contributed by atoms with Crippen LogP contribution in [0.25, 0.3) is 0 Å². The van der Waals surface area contributed by atoms with Gasteiger partial charge in [-0.15, -0.1) is 11.8 Å². The lowest BCUT2D eigenvalue weighted by Crippen LogP contribution is -2.08. The molecule has 1 aliphatic carbocycles. The van der Waals surface area contributed by atoms with Crippen molar-refractivity contribution in [2.24, 2.45) is 5.92 Å². The summed E-state index contributed by atoms with van der Waals surface area (Å²) in [4.78, 5) is 11.9. The van der Waals surface area contributed by atoms with Gasteiger partial charge < -0.3 is 0 Å². The molecule has 1 aromatic rings. The Morgan fingerprint density at radius 1 is 1.44 bits per heavy atom. The molecule has 1 fully saturated rings. The average molecular weight is 235 g/mol. The van der Waals surface area contributed by atoms with Gasteiger partial charge in [-0.25, -0.2) is 0 Å². The zero-order chi connectivity index (χ0) is 12.1. The van der Waals surface area contributed by atoms with Crippen molar-refractivity contribution in [2.75, 3.05) is 5.75 Å². The van der Waals surface area contributed by atoms with Crippen LogP contribution in [0.4, 0.5) is 0 Å². The molecule has 1 aliphatic rings. The molecule has 0 amide bonds. The van der Waals surface area contributed by atoms with E-state index in [1.54, 1.807) is 6.07 Å². The summed E-state index contributed by atoms with van der Waals surface area (Å²) in [5.74, 6) is 1.99. The number of hydrogen-bond donors (Lipinski definition) is 0. The van der Waals surface area contributed by atoms with Gasteiger partial charge in [-0.3, -0.25) is 4.79 Å². The van der Waals surface area contributed by atoms with Crippen LogP contribution in [0.5, 0.6) is 0 Å². The summed E-state index contributed by atoms with van der Waals surface area (Å²) >= 11 is 1.82. The number of carbonyl (C=O) groups excluding carboxylic acids is 1. The predicted molar refractivity (Wildman–Crippen MR) is 69.1 cm³/mol. The molecule has 1 aromatic carbocycles. The van der Waals surface area contributed by atoms with Crippen LogP contribution in [0.1, 0.15) is 43.8 Å². The standard InChI is InChI=1S/C14H18OS/c15-10-13-7-4-8-14(9-13)16-11-12-5-2-1-3-6-12/h4,7-10,12H,1-3,5-6,11H2/i7D. The highest BCUT2D eigenvalue weighted by atomic mass is 32.2. The van der Waals surface area contributed by atoms with Crippen LogP contribution in [-0.2, 0) is 0 Å². The smallest absolute Gasteiger partial charge is 0.150 e. The molecule has 2 rings (SSSR count). The molecule has 0 saturated heterocycles. The Hall–Kier alpha value is -0.760. The normalized spacial score (nSPS) is 18.1. The van der Waals surface area contributed by atoms with Crippen molar-refractivity contribution in [2.45, 2.75) is 37.0 Å². The summed E-state index contributed by atoms with van der Waals surface area (Å²) in [5, 5.41) is 0. The van der Waals surface area contributed by atoms with E-state index in [0.29, 0.717) is 11.6 Å². The minimum Gasteiger partial charge on any atom is -0.298 e. The second-order valence-electron chi connectivity index (χ2n) is 4.41. The molecule has 0 radical (unpaired) electrons. The van der Waals surface area contributed by atoms with Crippen molar-refractivity contribution in [3.05, 3.63) is 29.8 Å². The highest BCUT2D eigenvalue weighted by molar-refractivity contribution is 7.99. The third-order valence-electron chi connectivity index (χ3n) is 3.13. The molecule has 0 aromatic heterocycles. The van der Waals surface area contributed by atoms with E-state index >= 15 is 0 Å². The lowest BCUT2D eigenvalue weighted by atomic mass is 9.91. The lowest BCUT2D eigenvalue weighted by molar-refractivity contribution is 0.112. The number of aldehydes is 1. The summed E-state index contributed by atoms with van der Waals surface area (Å²) in [6.45, 7) is 0. The van der Waals surface area contributed by atoms with Crippen molar-refractivity contribution in [3.63, 3.8) is 0 Å². The molecule has 0 N–H and O–H groups in total. The number of carbonyl (C=O) groups is 1. The van der Waals surface area contributed by atoms with Gasteiger partial charge in [0.25, 0.3) is 0 Å². The quantitative estimate of drug-likeness (QED) is 0.575. The summed E-state index contributed by atoms with van der Waals surface area (Å²) in [6, 6.07) is 5.82. The third-order valence-corrected chi connectivity index (χ3v) is 4.36. The first-order chi connectivity index (χ1) is 8.29. The van der Waals surface area contributed by atoms with Gasteiger partial charge in [0.2, 0.25) is 0 Å². The van der Waals surface area contributed by atoms with Gasteiger partial charge in [0.15, 0.2) is 0 Å². The molecule has 1 saturated carbocycles. The van der Waals surface area contributed by atoms with Crippen molar-refractivity contribution in [1.29, 1.82) is 0 Å². The van der Waals surface area contributed by atoms with Crippen molar-refractivity contribution in [1.82, 2.24) is 0 Å². The summed E-state index contributed by atoms with van der Waals surface area (Å²) in [5.41, 5.74) is 0.499. The first-order valence-electron chi connectivity index (χ1n) is 6.48. The molecule has 2 heteroatoms. The van der Waals surface area contributed by atoms with Gasteiger partial charge in [0, 0.05) is 16.2 Å². The van der Waals surface area contributed by atoms with E-state index in [2.05, 4.69) is 0 Å². The number of rotatable bonds is 4. The molecule has 0 spiro atoms. The second kappa shape index (κ2) is 6.09. The van der Waals surface area contributed by atoms with E-state index in [4.69, 9.17) is 1.37 Å². The topological polar surface area (TPSA) is 17.1 Å². The fourth-order valence-corrected chi connectivity index (χ4v) is 3.32. The molecule has 86 valence electrons. The van der Waals surface area contributed by atoms with E-state index < -0.39 is 0 Å². The minimum atomic E-state index is 0.321. The van der Waals surface area contributed by atoms with Crippen LogP contribution in [0.15, 0.2) is 29.1 Å². The van der Waals surface area contributed by atoms with Crippen LogP contribution in [0.3, 0.4) is 0 Å². The van der Waals surface area contributed by atoms with Crippen LogP contribution >= 0.6 is 11.8 Å². The van der Waals surface area contributed by atoms with Gasteiger partial charge >= 0.3 is 0 Å². The Labute approximate surface area is 103 Å². The first kappa shape index (κ1) is 10.4. The fourth-order valence-electron chi connectivity index (χ4n) is 2.19. The third kappa shape index (κ3) is 3.38.